The van der Waals surface area contributed by atoms with Gasteiger partial charge < -0.3 is 14.8 Å². The highest BCUT2D eigenvalue weighted by molar-refractivity contribution is 5.96. The molecule has 0 spiro atoms. The fraction of sp³-hybridized carbons (Fsp3) is 0.231. The zero-order valence-electron chi connectivity index (χ0n) is 10.8. The molecule has 0 aliphatic heterocycles. The second-order valence-electron chi connectivity index (χ2n) is 3.99. The van der Waals surface area contributed by atoms with Crippen LogP contribution in [-0.4, -0.2) is 27.0 Å². The first-order chi connectivity index (χ1) is 9.60. The van der Waals surface area contributed by atoms with Crippen molar-refractivity contribution in [3.05, 3.63) is 47.4 Å². The highest BCUT2D eigenvalue weighted by Gasteiger charge is 2.11. The van der Waals surface area contributed by atoms with Crippen molar-refractivity contribution in [3.8, 4) is 0 Å². The van der Waals surface area contributed by atoms with E-state index in [2.05, 4.69) is 15.3 Å². The van der Waals surface area contributed by atoms with E-state index in [0.717, 1.165) is 12.2 Å². The van der Waals surface area contributed by atoms with Crippen LogP contribution < -0.4 is 5.32 Å². The van der Waals surface area contributed by atoms with E-state index in [9.17, 15) is 9.59 Å². The lowest BCUT2D eigenvalue weighted by Crippen LogP contribution is -2.23. The van der Waals surface area contributed by atoms with Gasteiger partial charge >= 0.3 is 5.97 Å². The monoisotopic (exact) mass is 275 g/mol. The first-order valence-electron chi connectivity index (χ1n) is 6.01. The second-order valence-corrected chi connectivity index (χ2v) is 3.99. The lowest BCUT2D eigenvalue weighted by molar-refractivity contribution is 0.0690. The summed E-state index contributed by atoms with van der Waals surface area (Å²) in [6, 6.07) is 2.65. The maximum Gasteiger partial charge on any atom is 0.354 e. The topological polar surface area (TPSA) is 105 Å². The number of hydrogen-bond donors (Lipinski definition) is 2. The third-order valence-electron chi connectivity index (χ3n) is 2.59. The van der Waals surface area contributed by atoms with Crippen LogP contribution >= 0.6 is 0 Å². The molecule has 0 atom stereocenters. The van der Waals surface area contributed by atoms with Gasteiger partial charge in [-0.05, 0) is 12.1 Å². The Morgan fingerprint density at radius 3 is 2.85 bits per heavy atom. The molecule has 104 valence electrons. The van der Waals surface area contributed by atoms with Crippen molar-refractivity contribution >= 4 is 11.9 Å². The van der Waals surface area contributed by atoms with Gasteiger partial charge in [-0.25, -0.2) is 14.8 Å². The number of carboxylic acid groups (broad SMARTS) is 1. The van der Waals surface area contributed by atoms with Gasteiger partial charge in [0.15, 0.2) is 0 Å². The zero-order chi connectivity index (χ0) is 14.5. The number of carboxylic acids is 1. The molecule has 2 aromatic rings. The van der Waals surface area contributed by atoms with E-state index in [1.165, 1.54) is 18.3 Å². The first-order valence-corrected chi connectivity index (χ1v) is 6.01. The number of aromatic carboxylic acids is 1. The molecule has 0 bridgehead atoms. The number of rotatable bonds is 5. The number of nitrogens with zero attached hydrogens (tertiary/aromatic N) is 2. The molecular weight excluding hydrogens is 262 g/mol. The second kappa shape index (κ2) is 5.96. The molecule has 0 aliphatic carbocycles. The van der Waals surface area contributed by atoms with E-state index in [-0.39, 0.29) is 17.8 Å². The van der Waals surface area contributed by atoms with E-state index in [1.807, 2.05) is 6.92 Å². The van der Waals surface area contributed by atoms with Crippen LogP contribution in [0.3, 0.4) is 0 Å². The van der Waals surface area contributed by atoms with Crippen LogP contribution in [0.2, 0.25) is 0 Å². The Bertz CT molecular complexity index is 636. The number of amides is 1. The Kier molecular flexibility index (Phi) is 4.09. The minimum atomic E-state index is -1.18. The van der Waals surface area contributed by atoms with Gasteiger partial charge in [0.2, 0.25) is 5.89 Å². The Labute approximate surface area is 114 Å². The van der Waals surface area contributed by atoms with Crippen LogP contribution in [-0.2, 0) is 13.0 Å². The summed E-state index contributed by atoms with van der Waals surface area (Å²) in [5.74, 6) is -0.444. The molecule has 20 heavy (non-hydrogen) atoms. The van der Waals surface area contributed by atoms with Gasteiger partial charge in [0, 0.05) is 18.2 Å². The largest absolute Gasteiger partial charge is 0.477 e. The van der Waals surface area contributed by atoms with Crippen molar-refractivity contribution in [2.45, 2.75) is 19.9 Å². The van der Waals surface area contributed by atoms with Crippen molar-refractivity contribution in [1.82, 2.24) is 15.3 Å². The predicted octanol–water partition coefficient (Wildman–Crippen LogP) is 1.26. The van der Waals surface area contributed by atoms with Crippen LogP contribution in [0.4, 0.5) is 0 Å². The average Bonchev–Trinajstić information content (AvgIpc) is 2.93. The molecule has 0 aromatic carbocycles. The fourth-order valence-corrected chi connectivity index (χ4v) is 1.54. The summed E-state index contributed by atoms with van der Waals surface area (Å²) >= 11 is 0. The lowest BCUT2D eigenvalue weighted by Gasteiger charge is -2.03. The number of pyridine rings is 1. The number of nitrogens with one attached hydrogen (secondary N) is 1. The van der Waals surface area contributed by atoms with E-state index >= 15 is 0 Å². The molecule has 2 rings (SSSR count). The van der Waals surface area contributed by atoms with E-state index in [4.69, 9.17) is 9.52 Å². The minimum absolute atomic E-state index is 0.142. The summed E-state index contributed by atoms with van der Waals surface area (Å²) in [5, 5.41) is 11.4. The van der Waals surface area contributed by atoms with Crippen LogP contribution in [0, 0.1) is 0 Å². The Hall–Kier alpha value is -2.70. The number of carbonyl (C=O) groups excluding carboxylic acids is 1. The number of aryl methyl sites for hydroxylation is 1. The lowest BCUT2D eigenvalue weighted by atomic mass is 10.2. The number of oxazole rings is 1. The van der Waals surface area contributed by atoms with Gasteiger partial charge in [-0.2, -0.15) is 0 Å². The van der Waals surface area contributed by atoms with Gasteiger partial charge in [-0.3, -0.25) is 4.79 Å². The van der Waals surface area contributed by atoms with Crippen LogP contribution in [0.25, 0.3) is 0 Å². The van der Waals surface area contributed by atoms with Crippen LogP contribution in [0.5, 0.6) is 0 Å². The molecule has 2 aromatic heterocycles. The molecule has 0 aliphatic rings. The van der Waals surface area contributed by atoms with Gasteiger partial charge in [-0.1, -0.05) is 6.92 Å². The van der Waals surface area contributed by atoms with Crippen LogP contribution in [0.1, 0.15) is 39.4 Å². The van der Waals surface area contributed by atoms with Gasteiger partial charge in [0.1, 0.15) is 11.5 Å². The number of hydrogen-bond acceptors (Lipinski definition) is 5. The standard InChI is InChI=1S/C13H13N3O4/c1-2-9-6-15-11(20-9)7-16-12(17)8-3-4-14-10(5-8)13(18)19/h3-6H,2,7H2,1H3,(H,16,17)(H,18,19). The Balaban J connectivity index is 2.01. The predicted molar refractivity (Wildman–Crippen MR) is 68.2 cm³/mol. The third-order valence-corrected chi connectivity index (χ3v) is 2.59. The smallest absolute Gasteiger partial charge is 0.354 e. The molecular formula is C13H13N3O4. The Morgan fingerprint density at radius 1 is 1.40 bits per heavy atom. The van der Waals surface area contributed by atoms with Gasteiger partial charge in [-0.15, -0.1) is 0 Å². The molecule has 0 radical (unpaired) electrons. The van der Waals surface area contributed by atoms with Gasteiger partial charge in [0.25, 0.3) is 5.91 Å². The summed E-state index contributed by atoms with van der Waals surface area (Å²) in [5.41, 5.74) is 0.0433. The van der Waals surface area contributed by atoms with Crippen molar-refractivity contribution < 1.29 is 19.1 Å². The van der Waals surface area contributed by atoms with E-state index in [1.54, 1.807) is 6.20 Å². The molecule has 7 heteroatoms. The number of aromatic nitrogens is 2. The van der Waals surface area contributed by atoms with E-state index in [0.29, 0.717) is 5.89 Å². The average molecular weight is 275 g/mol. The molecule has 1 amide bonds. The van der Waals surface area contributed by atoms with Crippen LogP contribution in [0.15, 0.2) is 28.9 Å². The number of carbonyl (C=O) groups is 2. The summed E-state index contributed by atoms with van der Waals surface area (Å²) in [4.78, 5) is 30.3. The quantitative estimate of drug-likeness (QED) is 0.851. The molecule has 7 nitrogen and oxygen atoms in total. The molecule has 0 saturated heterocycles. The highest BCUT2D eigenvalue weighted by atomic mass is 16.4. The normalized spacial score (nSPS) is 10.2. The van der Waals surface area contributed by atoms with Crippen molar-refractivity contribution in [1.29, 1.82) is 0 Å². The van der Waals surface area contributed by atoms with Crippen molar-refractivity contribution in [3.63, 3.8) is 0 Å². The van der Waals surface area contributed by atoms with Crippen molar-refractivity contribution in [2.24, 2.45) is 0 Å². The third kappa shape index (κ3) is 3.19. The fourth-order valence-electron chi connectivity index (χ4n) is 1.54. The zero-order valence-corrected chi connectivity index (χ0v) is 10.8. The van der Waals surface area contributed by atoms with Gasteiger partial charge in [0.05, 0.1) is 12.7 Å². The van der Waals surface area contributed by atoms with E-state index < -0.39 is 11.9 Å². The molecule has 0 unspecified atom stereocenters. The maximum atomic E-state index is 11.9. The molecule has 0 saturated carbocycles. The Morgan fingerprint density at radius 2 is 2.20 bits per heavy atom. The van der Waals surface area contributed by atoms with Crippen molar-refractivity contribution in [2.75, 3.05) is 0 Å². The molecule has 0 fully saturated rings. The maximum absolute atomic E-state index is 11.9. The minimum Gasteiger partial charge on any atom is -0.477 e. The summed E-state index contributed by atoms with van der Waals surface area (Å²) < 4.78 is 5.35. The SMILES string of the molecule is CCc1cnc(CNC(=O)c2ccnc(C(=O)O)c2)o1. The summed E-state index contributed by atoms with van der Waals surface area (Å²) in [6.45, 7) is 2.08. The highest BCUT2D eigenvalue weighted by Crippen LogP contribution is 2.05. The molecule has 2 heterocycles. The molecule has 2 N–H and O–H groups in total. The summed E-state index contributed by atoms with van der Waals surface area (Å²) in [7, 11) is 0. The first kappa shape index (κ1) is 13.7. The summed E-state index contributed by atoms with van der Waals surface area (Å²) in [6.07, 6.45) is 3.61.